The Hall–Kier alpha value is -1.04. The molecule has 1 aromatic rings. The molecule has 4 nitrogen and oxygen atoms in total. The van der Waals surface area contributed by atoms with E-state index < -0.39 is 0 Å². The summed E-state index contributed by atoms with van der Waals surface area (Å²) in [6.07, 6.45) is 0.00328. The first-order valence-corrected chi connectivity index (χ1v) is 7.36. The van der Waals surface area contributed by atoms with Gasteiger partial charge in [-0.15, -0.1) is 0 Å². The van der Waals surface area contributed by atoms with Crippen molar-refractivity contribution in [3.05, 3.63) is 24.3 Å². The van der Waals surface area contributed by atoms with Gasteiger partial charge in [0, 0.05) is 7.11 Å². The largest absolute Gasteiger partial charge is 0.494 e. The highest BCUT2D eigenvalue weighted by Crippen LogP contribution is 2.36. The van der Waals surface area contributed by atoms with Gasteiger partial charge in [0.25, 0.3) is 0 Å². The normalized spacial score (nSPS) is 21.3. The van der Waals surface area contributed by atoms with Crippen LogP contribution in [0.15, 0.2) is 24.3 Å². The fourth-order valence-electron chi connectivity index (χ4n) is 2.21. The molecule has 0 amide bonds. The second kappa shape index (κ2) is 5.99. The Bertz CT molecular complexity index is 471. The zero-order chi connectivity index (χ0) is 15.7. The molecule has 116 valence electrons. The third kappa shape index (κ3) is 3.60. The van der Waals surface area contributed by atoms with E-state index in [-0.39, 0.29) is 24.4 Å². The molecule has 1 aliphatic heterocycles. The minimum absolute atomic E-state index is 0.00328. The van der Waals surface area contributed by atoms with Gasteiger partial charge in [-0.1, -0.05) is 12.1 Å². The van der Waals surface area contributed by atoms with Crippen molar-refractivity contribution in [2.75, 3.05) is 13.7 Å². The Labute approximate surface area is 127 Å². The zero-order valence-corrected chi connectivity index (χ0v) is 13.8. The molecule has 0 spiro atoms. The molecular formula is C16H25BO4. The zero-order valence-electron chi connectivity index (χ0n) is 13.8. The Morgan fingerprint density at radius 1 is 1.14 bits per heavy atom. The van der Waals surface area contributed by atoms with Crippen LogP contribution in [-0.4, -0.2) is 38.1 Å². The molecule has 1 heterocycles. The molecule has 0 saturated carbocycles. The summed E-state index contributed by atoms with van der Waals surface area (Å²) < 4.78 is 23.0. The van der Waals surface area contributed by atoms with Crippen molar-refractivity contribution in [1.82, 2.24) is 0 Å². The molecule has 1 unspecified atom stereocenters. The fraction of sp³-hybridized carbons (Fsp3) is 0.625. The second-order valence-corrected chi connectivity index (χ2v) is 6.54. The molecule has 1 aliphatic rings. The van der Waals surface area contributed by atoms with Crippen LogP contribution in [0.5, 0.6) is 5.75 Å². The van der Waals surface area contributed by atoms with E-state index in [1.165, 1.54) is 0 Å². The van der Waals surface area contributed by atoms with Gasteiger partial charge in [0.15, 0.2) is 0 Å². The highest BCUT2D eigenvalue weighted by Gasteiger charge is 2.51. The van der Waals surface area contributed by atoms with E-state index in [2.05, 4.69) is 0 Å². The van der Waals surface area contributed by atoms with Crippen molar-refractivity contribution in [3.63, 3.8) is 0 Å². The molecule has 1 fully saturated rings. The van der Waals surface area contributed by atoms with E-state index >= 15 is 0 Å². The Morgan fingerprint density at radius 3 is 2.33 bits per heavy atom. The number of hydrogen-bond donors (Lipinski definition) is 0. The molecule has 0 N–H and O–H groups in total. The number of rotatable bonds is 5. The van der Waals surface area contributed by atoms with Crippen LogP contribution >= 0.6 is 0 Å². The predicted molar refractivity (Wildman–Crippen MR) is 84.1 cm³/mol. The van der Waals surface area contributed by atoms with Gasteiger partial charge < -0.3 is 18.8 Å². The first kappa shape index (κ1) is 16.3. The summed E-state index contributed by atoms with van der Waals surface area (Å²) in [5.41, 5.74) is 0.297. The van der Waals surface area contributed by atoms with E-state index in [1.54, 1.807) is 7.11 Å². The molecule has 2 rings (SSSR count). The molecular weight excluding hydrogens is 267 g/mol. The Kier molecular flexibility index (Phi) is 4.66. The van der Waals surface area contributed by atoms with Crippen LogP contribution in [0.1, 0.15) is 34.6 Å². The lowest BCUT2D eigenvalue weighted by Gasteiger charge is -2.32. The monoisotopic (exact) mass is 292 g/mol. The van der Waals surface area contributed by atoms with Gasteiger partial charge in [-0.3, -0.25) is 0 Å². The molecule has 21 heavy (non-hydrogen) atoms. The average Bonchev–Trinajstić information content (AvgIpc) is 2.59. The van der Waals surface area contributed by atoms with Gasteiger partial charge in [0.05, 0.1) is 17.8 Å². The van der Waals surface area contributed by atoms with E-state index in [9.17, 15) is 0 Å². The molecule has 0 aromatic heterocycles. The summed E-state index contributed by atoms with van der Waals surface area (Å²) in [6, 6.07) is 7.85. The van der Waals surface area contributed by atoms with Crippen LogP contribution < -0.4 is 10.2 Å². The summed E-state index contributed by atoms with van der Waals surface area (Å²) in [4.78, 5) is 0. The minimum Gasteiger partial charge on any atom is -0.488 e. The SMILES string of the molecule is COCC(C)Oc1cccc(B2OC(C)(C)C(C)(C)O2)c1. The second-order valence-electron chi connectivity index (χ2n) is 6.54. The number of hydrogen-bond acceptors (Lipinski definition) is 4. The van der Waals surface area contributed by atoms with Crippen molar-refractivity contribution < 1.29 is 18.8 Å². The summed E-state index contributed by atoms with van der Waals surface area (Å²) in [5, 5.41) is 0. The Morgan fingerprint density at radius 2 is 1.76 bits per heavy atom. The van der Waals surface area contributed by atoms with E-state index in [0.29, 0.717) is 6.61 Å². The van der Waals surface area contributed by atoms with Gasteiger partial charge in [-0.2, -0.15) is 0 Å². The highest BCUT2D eigenvalue weighted by molar-refractivity contribution is 6.62. The molecule has 5 heteroatoms. The van der Waals surface area contributed by atoms with Crippen LogP contribution in [0.25, 0.3) is 0 Å². The number of ether oxygens (including phenoxy) is 2. The third-order valence-corrected chi connectivity index (χ3v) is 4.12. The first-order chi connectivity index (χ1) is 9.75. The quantitative estimate of drug-likeness (QED) is 0.781. The van der Waals surface area contributed by atoms with Crippen LogP contribution in [0, 0.1) is 0 Å². The van der Waals surface area contributed by atoms with E-state index in [4.69, 9.17) is 18.8 Å². The molecule has 0 radical (unpaired) electrons. The van der Waals surface area contributed by atoms with Crippen molar-refractivity contribution >= 4 is 12.6 Å². The summed E-state index contributed by atoms with van der Waals surface area (Å²) in [6.45, 7) is 10.7. The Balaban J connectivity index is 2.12. The standard InChI is InChI=1S/C16H25BO4/c1-12(11-18-6)19-14-9-7-8-13(10-14)17-20-15(2,3)16(4,5)21-17/h7-10,12H,11H2,1-6H3. The van der Waals surface area contributed by atoms with E-state index in [1.807, 2.05) is 58.9 Å². The smallest absolute Gasteiger partial charge is 0.488 e. The van der Waals surface area contributed by atoms with Gasteiger partial charge >= 0.3 is 7.12 Å². The molecule has 0 bridgehead atoms. The van der Waals surface area contributed by atoms with Crippen LogP contribution in [-0.2, 0) is 14.0 Å². The fourth-order valence-corrected chi connectivity index (χ4v) is 2.21. The molecule has 1 aromatic carbocycles. The highest BCUT2D eigenvalue weighted by atomic mass is 16.7. The predicted octanol–water partition coefficient (Wildman–Crippen LogP) is 2.40. The number of methoxy groups -OCH3 is 1. The summed E-state index contributed by atoms with van der Waals surface area (Å²) in [5.74, 6) is 0.798. The lowest BCUT2D eigenvalue weighted by molar-refractivity contribution is 0.00578. The van der Waals surface area contributed by atoms with Gasteiger partial charge in [-0.25, -0.2) is 0 Å². The number of benzene rings is 1. The van der Waals surface area contributed by atoms with Crippen LogP contribution in [0.4, 0.5) is 0 Å². The maximum atomic E-state index is 6.06. The maximum Gasteiger partial charge on any atom is 0.494 e. The lowest BCUT2D eigenvalue weighted by Crippen LogP contribution is -2.41. The molecule has 1 atom stereocenters. The van der Waals surface area contributed by atoms with Crippen LogP contribution in [0.3, 0.4) is 0 Å². The molecule has 1 saturated heterocycles. The van der Waals surface area contributed by atoms with Crippen molar-refractivity contribution in [3.8, 4) is 5.75 Å². The molecule has 0 aliphatic carbocycles. The van der Waals surface area contributed by atoms with Crippen molar-refractivity contribution in [1.29, 1.82) is 0 Å². The van der Waals surface area contributed by atoms with Gasteiger partial charge in [-0.05, 0) is 52.2 Å². The lowest BCUT2D eigenvalue weighted by atomic mass is 9.79. The van der Waals surface area contributed by atoms with Crippen molar-refractivity contribution in [2.45, 2.75) is 51.9 Å². The average molecular weight is 292 g/mol. The minimum atomic E-state index is -0.365. The van der Waals surface area contributed by atoms with Gasteiger partial charge in [0.2, 0.25) is 0 Å². The van der Waals surface area contributed by atoms with Crippen molar-refractivity contribution in [2.24, 2.45) is 0 Å². The first-order valence-electron chi connectivity index (χ1n) is 7.36. The van der Waals surface area contributed by atoms with Crippen LogP contribution in [0.2, 0.25) is 0 Å². The van der Waals surface area contributed by atoms with Gasteiger partial charge in [0.1, 0.15) is 11.9 Å². The topological polar surface area (TPSA) is 36.9 Å². The summed E-state index contributed by atoms with van der Waals surface area (Å²) >= 11 is 0. The van der Waals surface area contributed by atoms with E-state index in [0.717, 1.165) is 11.2 Å². The maximum absolute atomic E-state index is 6.06. The summed E-state index contributed by atoms with van der Waals surface area (Å²) in [7, 11) is 1.30. The third-order valence-electron chi connectivity index (χ3n) is 4.12.